The maximum absolute atomic E-state index is 12.7. The Kier molecular flexibility index (Phi) is 6.06. The van der Waals surface area contributed by atoms with E-state index in [9.17, 15) is 4.79 Å². The lowest BCUT2D eigenvalue weighted by Gasteiger charge is -2.36. The number of piperazine rings is 1. The van der Waals surface area contributed by atoms with E-state index in [1.165, 1.54) is 0 Å². The van der Waals surface area contributed by atoms with Crippen molar-refractivity contribution in [3.63, 3.8) is 0 Å². The summed E-state index contributed by atoms with van der Waals surface area (Å²) in [7, 11) is 1.61. The number of rotatable bonds is 6. The molecule has 1 aliphatic heterocycles. The Labute approximate surface area is 182 Å². The van der Waals surface area contributed by atoms with Crippen LogP contribution in [0.15, 0.2) is 36.8 Å². The Morgan fingerprint density at radius 1 is 1.13 bits per heavy atom. The molecule has 4 heterocycles. The fraction of sp³-hybridized carbons (Fsp3) is 0.478. The fourth-order valence-corrected chi connectivity index (χ4v) is 4.26. The summed E-state index contributed by atoms with van der Waals surface area (Å²) in [6.07, 6.45) is 6.35. The highest BCUT2D eigenvalue weighted by Crippen LogP contribution is 2.31. The molecule has 8 heteroatoms. The van der Waals surface area contributed by atoms with Gasteiger partial charge >= 0.3 is 0 Å². The minimum Gasteiger partial charge on any atom is -0.481 e. The smallest absolute Gasteiger partial charge is 0.225 e. The maximum Gasteiger partial charge on any atom is 0.225 e. The van der Waals surface area contributed by atoms with Gasteiger partial charge < -0.3 is 14.5 Å². The third kappa shape index (κ3) is 4.33. The quantitative estimate of drug-likeness (QED) is 0.608. The van der Waals surface area contributed by atoms with Crippen LogP contribution in [0.2, 0.25) is 0 Å². The standard InChI is InChI=1S/C23H30N6O2/c1-16(2)14-17(3)23(30)28-12-10-27(11-13-28)20-7-9-29-21(26-20)19(15-25-29)18-6-5-8-24-22(18)31-4/h5-9,15-17H,10-14H2,1-4H3/t17-/m0/s1. The molecule has 1 atom stereocenters. The van der Waals surface area contributed by atoms with Crippen LogP contribution in [0.4, 0.5) is 5.82 Å². The first-order chi connectivity index (χ1) is 15.0. The van der Waals surface area contributed by atoms with Gasteiger partial charge in [0.1, 0.15) is 5.82 Å². The average molecular weight is 423 g/mol. The number of ether oxygens (including phenoxy) is 1. The number of fused-ring (bicyclic) bond motifs is 1. The number of methoxy groups -OCH3 is 1. The highest BCUT2D eigenvalue weighted by molar-refractivity contribution is 5.81. The third-order valence-corrected chi connectivity index (χ3v) is 5.77. The Morgan fingerprint density at radius 2 is 1.90 bits per heavy atom. The summed E-state index contributed by atoms with van der Waals surface area (Å²) in [6, 6.07) is 5.81. The molecule has 1 saturated heterocycles. The van der Waals surface area contributed by atoms with Crippen LogP contribution in [0.5, 0.6) is 5.88 Å². The van der Waals surface area contributed by atoms with Crippen molar-refractivity contribution < 1.29 is 9.53 Å². The Hall–Kier alpha value is -3.16. The minimum absolute atomic E-state index is 0.0739. The van der Waals surface area contributed by atoms with Gasteiger partial charge in [0, 0.05) is 50.1 Å². The van der Waals surface area contributed by atoms with E-state index >= 15 is 0 Å². The van der Waals surface area contributed by atoms with E-state index < -0.39 is 0 Å². The SMILES string of the molecule is COc1ncccc1-c1cnn2ccc(N3CCN(C(=O)[C@@H](C)CC(C)C)CC3)nc12. The van der Waals surface area contributed by atoms with E-state index in [0.29, 0.717) is 11.8 Å². The van der Waals surface area contributed by atoms with Crippen molar-refractivity contribution in [1.29, 1.82) is 0 Å². The van der Waals surface area contributed by atoms with Gasteiger partial charge in [-0.1, -0.05) is 20.8 Å². The molecule has 0 radical (unpaired) electrons. The zero-order chi connectivity index (χ0) is 22.0. The fourth-order valence-electron chi connectivity index (χ4n) is 4.26. The van der Waals surface area contributed by atoms with Gasteiger partial charge in [-0.25, -0.2) is 14.5 Å². The van der Waals surface area contributed by atoms with Crippen LogP contribution >= 0.6 is 0 Å². The molecule has 0 N–H and O–H groups in total. The first kappa shape index (κ1) is 21.1. The molecular weight excluding hydrogens is 392 g/mol. The molecule has 0 bridgehead atoms. The lowest BCUT2D eigenvalue weighted by atomic mass is 9.97. The van der Waals surface area contributed by atoms with E-state index in [2.05, 4.69) is 28.8 Å². The highest BCUT2D eigenvalue weighted by Gasteiger charge is 2.26. The summed E-state index contributed by atoms with van der Waals surface area (Å²) in [5, 5.41) is 4.43. The second kappa shape index (κ2) is 8.91. The van der Waals surface area contributed by atoms with Crippen LogP contribution in [-0.2, 0) is 4.79 Å². The molecule has 164 valence electrons. The van der Waals surface area contributed by atoms with Crippen LogP contribution in [0.1, 0.15) is 27.2 Å². The monoisotopic (exact) mass is 422 g/mol. The van der Waals surface area contributed by atoms with E-state index in [-0.39, 0.29) is 11.8 Å². The van der Waals surface area contributed by atoms with Gasteiger partial charge in [-0.2, -0.15) is 5.10 Å². The van der Waals surface area contributed by atoms with Crippen molar-refractivity contribution in [3.05, 3.63) is 36.8 Å². The second-order valence-corrected chi connectivity index (χ2v) is 8.52. The predicted octanol–water partition coefficient (Wildman–Crippen LogP) is 3.13. The number of anilines is 1. The van der Waals surface area contributed by atoms with Crippen LogP contribution in [-0.4, -0.2) is 63.7 Å². The highest BCUT2D eigenvalue weighted by atomic mass is 16.5. The topological polar surface area (TPSA) is 75.9 Å². The summed E-state index contributed by atoms with van der Waals surface area (Å²) in [5.41, 5.74) is 2.50. The number of nitrogens with zero attached hydrogens (tertiary/aromatic N) is 6. The van der Waals surface area contributed by atoms with Gasteiger partial charge in [0.2, 0.25) is 11.8 Å². The van der Waals surface area contributed by atoms with Crippen LogP contribution in [0.3, 0.4) is 0 Å². The Balaban J connectivity index is 1.52. The van der Waals surface area contributed by atoms with E-state index in [1.54, 1.807) is 24.0 Å². The molecule has 31 heavy (non-hydrogen) atoms. The van der Waals surface area contributed by atoms with Gasteiger partial charge in [0.25, 0.3) is 0 Å². The largest absolute Gasteiger partial charge is 0.481 e. The maximum atomic E-state index is 12.7. The molecule has 0 spiro atoms. The molecule has 0 unspecified atom stereocenters. The van der Waals surface area contributed by atoms with Gasteiger partial charge in [-0.15, -0.1) is 0 Å². The van der Waals surface area contributed by atoms with Crippen molar-refractivity contribution in [2.24, 2.45) is 11.8 Å². The summed E-state index contributed by atoms with van der Waals surface area (Å²) in [6.45, 7) is 9.34. The van der Waals surface area contributed by atoms with E-state index in [0.717, 1.165) is 55.2 Å². The molecule has 1 amide bonds. The van der Waals surface area contributed by atoms with Crippen molar-refractivity contribution in [1.82, 2.24) is 24.5 Å². The van der Waals surface area contributed by atoms with Crippen molar-refractivity contribution in [3.8, 4) is 17.0 Å². The lowest BCUT2D eigenvalue weighted by Crippen LogP contribution is -2.50. The molecule has 0 saturated carbocycles. The number of hydrogen-bond donors (Lipinski definition) is 0. The number of carbonyl (C=O) groups is 1. The summed E-state index contributed by atoms with van der Waals surface area (Å²) in [4.78, 5) is 26.2. The van der Waals surface area contributed by atoms with Gasteiger partial charge in [-0.3, -0.25) is 4.79 Å². The van der Waals surface area contributed by atoms with Crippen LogP contribution in [0, 0.1) is 11.8 Å². The van der Waals surface area contributed by atoms with E-state index in [1.807, 2.05) is 36.2 Å². The van der Waals surface area contributed by atoms with Gasteiger partial charge in [0.05, 0.1) is 18.9 Å². The Bertz CT molecular complexity index is 1060. The molecule has 1 aliphatic rings. The molecule has 3 aromatic heterocycles. The number of hydrogen-bond acceptors (Lipinski definition) is 6. The van der Waals surface area contributed by atoms with Gasteiger partial charge in [0.15, 0.2) is 5.65 Å². The molecule has 8 nitrogen and oxygen atoms in total. The van der Waals surface area contributed by atoms with Crippen molar-refractivity contribution in [2.45, 2.75) is 27.2 Å². The second-order valence-electron chi connectivity index (χ2n) is 8.52. The minimum atomic E-state index is 0.0739. The number of carbonyl (C=O) groups excluding carboxylic acids is 1. The zero-order valence-electron chi connectivity index (χ0n) is 18.7. The molecule has 0 aromatic carbocycles. The van der Waals surface area contributed by atoms with Gasteiger partial charge in [-0.05, 0) is 30.5 Å². The molecule has 4 rings (SSSR count). The van der Waals surface area contributed by atoms with Crippen LogP contribution < -0.4 is 9.64 Å². The first-order valence-corrected chi connectivity index (χ1v) is 10.9. The normalized spacial score (nSPS) is 15.5. The number of amides is 1. The van der Waals surface area contributed by atoms with E-state index in [4.69, 9.17) is 9.72 Å². The molecule has 0 aliphatic carbocycles. The molecule has 1 fully saturated rings. The lowest BCUT2D eigenvalue weighted by molar-refractivity contribution is -0.135. The summed E-state index contributed by atoms with van der Waals surface area (Å²) >= 11 is 0. The predicted molar refractivity (Wildman–Crippen MR) is 120 cm³/mol. The zero-order valence-corrected chi connectivity index (χ0v) is 18.7. The Morgan fingerprint density at radius 3 is 2.61 bits per heavy atom. The first-order valence-electron chi connectivity index (χ1n) is 10.9. The average Bonchev–Trinajstić information content (AvgIpc) is 3.21. The summed E-state index contributed by atoms with van der Waals surface area (Å²) in [5.74, 6) is 2.30. The van der Waals surface area contributed by atoms with Crippen molar-refractivity contribution >= 4 is 17.4 Å². The number of pyridine rings is 1. The number of aromatic nitrogens is 4. The van der Waals surface area contributed by atoms with Crippen molar-refractivity contribution in [2.75, 3.05) is 38.2 Å². The van der Waals surface area contributed by atoms with Crippen LogP contribution in [0.25, 0.3) is 16.8 Å². The summed E-state index contributed by atoms with van der Waals surface area (Å²) < 4.78 is 7.18. The third-order valence-electron chi connectivity index (χ3n) is 5.77. The molecule has 3 aromatic rings. The molecular formula is C23H30N6O2.